The van der Waals surface area contributed by atoms with Gasteiger partial charge in [0.1, 0.15) is 6.54 Å². The molecule has 0 aliphatic carbocycles. The lowest BCUT2D eigenvalue weighted by Gasteiger charge is -2.21. The van der Waals surface area contributed by atoms with E-state index < -0.39 is 24.3 Å². The zero-order valence-corrected chi connectivity index (χ0v) is 13.7. The normalized spacial score (nSPS) is 12.5. The maximum absolute atomic E-state index is 13.5. The number of fused-ring (bicyclic) bond motifs is 1. The van der Waals surface area contributed by atoms with Crippen molar-refractivity contribution in [1.82, 2.24) is 9.55 Å². The van der Waals surface area contributed by atoms with Crippen molar-refractivity contribution in [3.63, 3.8) is 0 Å². The summed E-state index contributed by atoms with van der Waals surface area (Å²) < 4.78 is 64.9. The highest BCUT2D eigenvalue weighted by Gasteiger charge is 2.57. The molecule has 0 atom stereocenters. The number of alkyl halides is 5. The van der Waals surface area contributed by atoms with Gasteiger partial charge in [0, 0.05) is 16.0 Å². The smallest absolute Gasteiger partial charge is 0.285 e. The van der Waals surface area contributed by atoms with Crippen molar-refractivity contribution < 1.29 is 22.0 Å². The van der Waals surface area contributed by atoms with Gasteiger partial charge in [0.2, 0.25) is 0 Å². The summed E-state index contributed by atoms with van der Waals surface area (Å²) in [5.41, 5.74) is -0.661. The number of hydrogen-bond acceptors (Lipinski definition) is 2. The average molecular weight is 389 g/mol. The van der Waals surface area contributed by atoms with Gasteiger partial charge in [-0.25, -0.2) is 4.79 Å². The molecule has 0 unspecified atom stereocenters. The number of benzene rings is 2. The van der Waals surface area contributed by atoms with Crippen molar-refractivity contribution in [1.29, 1.82) is 0 Å². The van der Waals surface area contributed by atoms with Crippen LogP contribution in [-0.2, 0) is 6.54 Å². The molecule has 3 rings (SSSR count). The second-order valence-electron chi connectivity index (χ2n) is 5.56. The van der Waals surface area contributed by atoms with Gasteiger partial charge in [-0.2, -0.15) is 26.9 Å². The fourth-order valence-electron chi connectivity index (χ4n) is 2.51. The molecule has 1 heterocycles. The largest absolute Gasteiger partial charge is 0.455 e. The lowest BCUT2D eigenvalue weighted by molar-refractivity contribution is -0.286. The van der Waals surface area contributed by atoms with Crippen LogP contribution in [0.3, 0.4) is 0 Å². The molecule has 0 bridgehead atoms. The Labute approximate surface area is 148 Å². The van der Waals surface area contributed by atoms with Crippen molar-refractivity contribution in [3.8, 4) is 11.3 Å². The number of hydrogen-bond donors (Lipinski definition) is 0. The molecule has 0 fully saturated rings. The summed E-state index contributed by atoms with van der Waals surface area (Å²) in [6.07, 6.45) is -5.79. The Bertz CT molecular complexity index is 1020. The second-order valence-corrected chi connectivity index (χ2v) is 6.00. The van der Waals surface area contributed by atoms with E-state index in [0.29, 0.717) is 10.1 Å². The van der Waals surface area contributed by atoms with Gasteiger partial charge < -0.3 is 0 Å². The first-order chi connectivity index (χ1) is 12.1. The van der Waals surface area contributed by atoms with Gasteiger partial charge in [0.05, 0.1) is 11.2 Å². The zero-order chi connectivity index (χ0) is 19.1. The molecular formula is C17H10ClF5N2O. The van der Waals surface area contributed by atoms with Crippen LogP contribution in [0.1, 0.15) is 0 Å². The van der Waals surface area contributed by atoms with Gasteiger partial charge >= 0.3 is 17.8 Å². The topological polar surface area (TPSA) is 34.9 Å². The monoisotopic (exact) mass is 388 g/mol. The number of aromatic nitrogens is 2. The number of halogens is 6. The maximum Gasteiger partial charge on any atom is 0.455 e. The first kappa shape index (κ1) is 18.3. The second kappa shape index (κ2) is 6.35. The molecule has 26 heavy (non-hydrogen) atoms. The van der Waals surface area contributed by atoms with Crippen LogP contribution in [0.5, 0.6) is 0 Å². The van der Waals surface area contributed by atoms with Crippen LogP contribution in [-0.4, -0.2) is 21.6 Å². The molecule has 0 amide bonds. The fraction of sp³-hybridized carbons (Fsp3) is 0.176. The van der Waals surface area contributed by atoms with Crippen LogP contribution in [0.25, 0.3) is 22.2 Å². The van der Waals surface area contributed by atoms with Crippen LogP contribution in [0.4, 0.5) is 22.0 Å². The van der Waals surface area contributed by atoms with Gasteiger partial charge in [-0.15, -0.1) is 0 Å². The number of nitrogens with zero attached hydrogens (tertiary/aromatic N) is 2. The van der Waals surface area contributed by atoms with E-state index in [9.17, 15) is 26.7 Å². The third-order valence-electron chi connectivity index (χ3n) is 3.76. The molecule has 0 N–H and O–H groups in total. The lowest BCUT2D eigenvalue weighted by atomic mass is 10.1. The van der Waals surface area contributed by atoms with Gasteiger partial charge in [-0.3, -0.25) is 4.57 Å². The summed E-state index contributed by atoms with van der Waals surface area (Å²) in [5.74, 6) is -5.08. The van der Waals surface area contributed by atoms with Crippen LogP contribution < -0.4 is 5.69 Å². The summed E-state index contributed by atoms with van der Waals surface area (Å²) in [7, 11) is 0. The van der Waals surface area contributed by atoms with E-state index in [-0.39, 0.29) is 21.6 Å². The summed E-state index contributed by atoms with van der Waals surface area (Å²) in [4.78, 5) is 16.0. The van der Waals surface area contributed by atoms with Crippen molar-refractivity contribution in [2.45, 2.75) is 18.6 Å². The molecule has 9 heteroatoms. The molecule has 3 aromatic rings. The molecule has 3 nitrogen and oxygen atoms in total. The standard InChI is InChI=1S/C17H10ClF5N2O/c18-11-6-7-13-12(8-11)14(10-4-2-1-3-5-10)24-15(26)25(13)9-16(19,20)17(21,22)23/h1-8H,9H2. The van der Waals surface area contributed by atoms with Crippen LogP contribution in [0.2, 0.25) is 5.02 Å². The van der Waals surface area contributed by atoms with Crippen molar-refractivity contribution in [3.05, 3.63) is 64.0 Å². The molecule has 1 aromatic heterocycles. The minimum Gasteiger partial charge on any atom is -0.285 e. The van der Waals surface area contributed by atoms with Gasteiger partial charge in [-0.05, 0) is 18.2 Å². The predicted octanol–water partition coefficient (Wildman–Crippen LogP) is 4.91. The quantitative estimate of drug-likeness (QED) is 0.597. The molecular weight excluding hydrogens is 379 g/mol. The zero-order valence-electron chi connectivity index (χ0n) is 12.9. The Morgan fingerprint density at radius 2 is 1.65 bits per heavy atom. The van der Waals surface area contributed by atoms with E-state index in [4.69, 9.17) is 11.6 Å². The molecule has 0 radical (unpaired) electrons. The third kappa shape index (κ3) is 3.29. The lowest BCUT2D eigenvalue weighted by Crippen LogP contribution is -2.43. The van der Waals surface area contributed by atoms with E-state index in [2.05, 4.69) is 4.98 Å². The first-order valence-electron chi connectivity index (χ1n) is 7.30. The molecule has 0 saturated carbocycles. The van der Waals surface area contributed by atoms with Gasteiger partial charge in [0.15, 0.2) is 0 Å². The predicted molar refractivity (Wildman–Crippen MR) is 87.5 cm³/mol. The Hall–Kier alpha value is -2.48. The molecule has 136 valence electrons. The minimum atomic E-state index is -5.79. The SMILES string of the molecule is O=c1nc(-c2ccccc2)c2cc(Cl)ccc2n1CC(F)(F)C(F)(F)F. The van der Waals surface area contributed by atoms with Gasteiger partial charge in [0.25, 0.3) is 0 Å². The third-order valence-corrected chi connectivity index (χ3v) is 4.00. The molecule has 0 spiro atoms. The van der Waals surface area contributed by atoms with E-state index in [1.165, 1.54) is 18.2 Å². The summed E-state index contributed by atoms with van der Waals surface area (Å²) in [6.45, 7) is -1.87. The highest BCUT2D eigenvalue weighted by molar-refractivity contribution is 6.31. The summed E-state index contributed by atoms with van der Waals surface area (Å²) >= 11 is 5.93. The summed E-state index contributed by atoms with van der Waals surface area (Å²) in [6, 6.07) is 12.2. The molecule has 0 aliphatic rings. The van der Waals surface area contributed by atoms with Crippen LogP contribution in [0, 0.1) is 0 Å². The highest BCUT2D eigenvalue weighted by atomic mass is 35.5. The Morgan fingerprint density at radius 1 is 1.00 bits per heavy atom. The Kier molecular flexibility index (Phi) is 4.47. The van der Waals surface area contributed by atoms with E-state index in [1.807, 2.05) is 0 Å². The van der Waals surface area contributed by atoms with Gasteiger partial charge in [-0.1, -0.05) is 41.9 Å². The van der Waals surface area contributed by atoms with Crippen LogP contribution >= 0.6 is 11.6 Å². The van der Waals surface area contributed by atoms with E-state index in [0.717, 1.165) is 0 Å². The van der Waals surface area contributed by atoms with Crippen molar-refractivity contribution in [2.24, 2.45) is 0 Å². The molecule has 0 aliphatic heterocycles. The Morgan fingerprint density at radius 3 is 2.27 bits per heavy atom. The molecule has 0 saturated heterocycles. The Balaban J connectivity index is 2.28. The molecule has 2 aromatic carbocycles. The maximum atomic E-state index is 13.5. The average Bonchev–Trinajstić information content (AvgIpc) is 2.57. The fourth-order valence-corrected chi connectivity index (χ4v) is 2.68. The van der Waals surface area contributed by atoms with E-state index in [1.54, 1.807) is 30.3 Å². The first-order valence-corrected chi connectivity index (χ1v) is 7.68. The number of rotatable bonds is 3. The minimum absolute atomic E-state index is 0.114. The van der Waals surface area contributed by atoms with E-state index >= 15 is 0 Å². The van der Waals surface area contributed by atoms with Crippen molar-refractivity contribution >= 4 is 22.5 Å². The highest BCUT2D eigenvalue weighted by Crippen LogP contribution is 2.37. The van der Waals surface area contributed by atoms with Crippen LogP contribution in [0.15, 0.2) is 53.3 Å². The van der Waals surface area contributed by atoms with Crippen molar-refractivity contribution in [2.75, 3.05) is 0 Å². The summed E-state index contributed by atoms with van der Waals surface area (Å²) in [5, 5.41) is 0.422.